The Morgan fingerprint density at radius 3 is 2.56 bits per heavy atom. The maximum absolute atomic E-state index is 12.2. The lowest BCUT2D eigenvalue weighted by Gasteiger charge is -1.90. The van der Waals surface area contributed by atoms with Gasteiger partial charge in [0, 0.05) is 0 Å². The number of hydrogen-bond acceptors (Lipinski definition) is 1. The zero-order chi connectivity index (χ0) is 7.28. The van der Waals surface area contributed by atoms with Gasteiger partial charge in [0.05, 0.1) is 0 Å². The summed E-state index contributed by atoms with van der Waals surface area (Å²) in [5.41, 5.74) is 0. The van der Waals surface area contributed by atoms with Crippen LogP contribution in [0.5, 0.6) is 0 Å². The maximum Gasteiger partial charge on any atom is 0.160 e. The molecule has 0 aromatic heterocycles. The summed E-state index contributed by atoms with van der Waals surface area (Å²) in [6.07, 6.45) is 3.68. The van der Waals surface area contributed by atoms with Gasteiger partial charge in [-0.1, -0.05) is 12.7 Å². The Hall–Kier alpha value is -1.05. The van der Waals surface area contributed by atoms with Crippen molar-refractivity contribution in [2.24, 2.45) is 0 Å². The highest BCUT2D eigenvalue weighted by molar-refractivity contribution is 5.20. The molecule has 0 aliphatic heterocycles. The third-order valence-electron chi connectivity index (χ3n) is 0.774. The second kappa shape index (κ2) is 3.89. The van der Waals surface area contributed by atoms with E-state index < -0.39 is 5.83 Å². The molecule has 0 aromatic rings. The first-order chi connectivity index (χ1) is 4.22. The van der Waals surface area contributed by atoms with Crippen LogP contribution in [-0.2, 0) is 0 Å². The molecular weight excluding hydrogens is 119 g/mol. The fourth-order valence-corrected chi connectivity index (χ4v) is 0.339. The van der Waals surface area contributed by atoms with Crippen LogP contribution in [0.1, 0.15) is 6.92 Å². The molecule has 0 unspecified atom stereocenters. The van der Waals surface area contributed by atoms with Crippen LogP contribution in [0.15, 0.2) is 36.4 Å². The van der Waals surface area contributed by atoms with Crippen LogP contribution in [0.3, 0.4) is 0 Å². The van der Waals surface area contributed by atoms with Gasteiger partial charge in [-0.3, -0.25) is 0 Å². The van der Waals surface area contributed by atoms with Crippen LogP contribution < -0.4 is 0 Å². The Morgan fingerprint density at radius 1 is 1.67 bits per heavy atom. The minimum atomic E-state index is -0.630. The molecule has 0 amide bonds. The molecule has 0 aliphatic rings. The number of aliphatic hydroxyl groups excluding tert-OH is 1. The van der Waals surface area contributed by atoms with Crippen LogP contribution >= 0.6 is 0 Å². The Kier molecular flexibility index (Phi) is 3.44. The van der Waals surface area contributed by atoms with Gasteiger partial charge in [-0.15, -0.1) is 0 Å². The zero-order valence-corrected chi connectivity index (χ0v) is 5.26. The van der Waals surface area contributed by atoms with Gasteiger partial charge in [0.15, 0.2) is 11.6 Å². The molecule has 0 radical (unpaired) electrons. The first-order valence-electron chi connectivity index (χ1n) is 2.56. The largest absolute Gasteiger partial charge is 0.505 e. The van der Waals surface area contributed by atoms with Crippen molar-refractivity contribution in [3.8, 4) is 0 Å². The van der Waals surface area contributed by atoms with E-state index in [4.69, 9.17) is 5.11 Å². The number of aliphatic hydroxyl groups is 1. The molecule has 9 heavy (non-hydrogen) atoms. The SMILES string of the molecule is C=C/C=C(O)\C(F)=C/C. The molecule has 0 aliphatic carbocycles. The summed E-state index contributed by atoms with van der Waals surface area (Å²) in [4.78, 5) is 0. The van der Waals surface area contributed by atoms with Crippen molar-refractivity contribution >= 4 is 0 Å². The van der Waals surface area contributed by atoms with E-state index in [1.54, 1.807) is 0 Å². The van der Waals surface area contributed by atoms with Crippen LogP contribution in [0, 0.1) is 0 Å². The van der Waals surface area contributed by atoms with Crippen molar-refractivity contribution in [1.82, 2.24) is 0 Å². The number of allylic oxidation sites excluding steroid dienone is 4. The molecular formula is C7H9FO. The molecule has 0 atom stereocenters. The van der Waals surface area contributed by atoms with Gasteiger partial charge in [0.25, 0.3) is 0 Å². The average molecular weight is 128 g/mol. The summed E-state index contributed by atoms with van der Waals surface area (Å²) in [5, 5.41) is 8.66. The topological polar surface area (TPSA) is 20.2 Å². The average Bonchev–Trinajstić information content (AvgIpc) is 1.87. The number of halogens is 1. The molecule has 1 nitrogen and oxygen atoms in total. The summed E-state index contributed by atoms with van der Waals surface area (Å²) >= 11 is 0. The van der Waals surface area contributed by atoms with Crippen LogP contribution in [0.4, 0.5) is 4.39 Å². The lowest BCUT2D eigenvalue weighted by atomic mass is 10.4. The Bertz CT molecular complexity index is 156. The number of hydrogen-bond donors (Lipinski definition) is 1. The lowest BCUT2D eigenvalue weighted by molar-refractivity contribution is 0.389. The normalized spacial score (nSPS) is 13.6. The van der Waals surface area contributed by atoms with E-state index in [0.717, 1.165) is 0 Å². The number of rotatable bonds is 2. The van der Waals surface area contributed by atoms with Gasteiger partial charge in [-0.05, 0) is 19.1 Å². The molecule has 0 fully saturated rings. The van der Waals surface area contributed by atoms with Crippen LogP contribution in [-0.4, -0.2) is 5.11 Å². The van der Waals surface area contributed by atoms with E-state index in [1.807, 2.05) is 0 Å². The van der Waals surface area contributed by atoms with Gasteiger partial charge < -0.3 is 5.11 Å². The standard InChI is InChI=1S/C7H9FO/c1-3-5-7(9)6(8)4-2/h3-5,9H,1H2,2H3/b6-4+,7-5+. The molecule has 0 rings (SSSR count). The van der Waals surface area contributed by atoms with Gasteiger partial charge in [-0.2, -0.15) is 0 Å². The first-order valence-corrected chi connectivity index (χ1v) is 2.56. The minimum Gasteiger partial charge on any atom is -0.505 e. The van der Waals surface area contributed by atoms with Crippen molar-refractivity contribution in [1.29, 1.82) is 0 Å². The molecule has 1 N–H and O–H groups in total. The molecule has 0 spiro atoms. The smallest absolute Gasteiger partial charge is 0.160 e. The second-order valence-electron chi connectivity index (χ2n) is 1.42. The third-order valence-corrected chi connectivity index (χ3v) is 0.774. The second-order valence-corrected chi connectivity index (χ2v) is 1.42. The Morgan fingerprint density at radius 2 is 2.22 bits per heavy atom. The maximum atomic E-state index is 12.2. The first kappa shape index (κ1) is 7.95. The fourth-order valence-electron chi connectivity index (χ4n) is 0.339. The van der Waals surface area contributed by atoms with Gasteiger partial charge in [0.1, 0.15) is 0 Å². The zero-order valence-electron chi connectivity index (χ0n) is 5.26. The molecule has 0 saturated heterocycles. The molecule has 0 bridgehead atoms. The third kappa shape index (κ3) is 2.69. The van der Waals surface area contributed by atoms with E-state index in [-0.39, 0.29) is 5.76 Å². The van der Waals surface area contributed by atoms with E-state index in [1.165, 1.54) is 25.2 Å². The summed E-state index contributed by atoms with van der Waals surface area (Å²) in [5.74, 6) is -1.01. The minimum absolute atomic E-state index is 0.382. The Balaban J connectivity index is 4.19. The fraction of sp³-hybridized carbons (Fsp3) is 0.143. The van der Waals surface area contributed by atoms with Gasteiger partial charge >= 0.3 is 0 Å². The van der Waals surface area contributed by atoms with E-state index in [0.29, 0.717) is 0 Å². The van der Waals surface area contributed by atoms with Gasteiger partial charge in [-0.25, -0.2) is 4.39 Å². The summed E-state index contributed by atoms with van der Waals surface area (Å²) < 4.78 is 12.2. The quantitative estimate of drug-likeness (QED) is 0.447. The summed E-state index contributed by atoms with van der Waals surface area (Å²) in [6, 6.07) is 0. The van der Waals surface area contributed by atoms with Crippen molar-refractivity contribution in [3.05, 3.63) is 36.4 Å². The molecule has 50 valence electrons. The summed E-state index contributed by atoms with van der Waals surface area (Å²) in [7, 11) is 0. The Labute approximate surface area is 53.8 Å². The highest BCUT2D eigenvalue weighted by atomic mass is 19.1. The predicted molar refractivity (Wildman–Crippen MR) is 35.8 cm³/mol. The van der Waals surface area contributed by atoms with Crippen molar-refractivity contribution < 1.29 is 9.50 Å². The highest BCUT2D eigenvalue weighted by Crippen LogP contribution is 2.06. The lowest BCUT2D eigenvalue weighted by Crippen LogP contribution is -1.78. The van der Waals surface area contributed by atoms with E-state index in [9.17, 15) is 4.39 Å². The van der Waals surface area contributed by atoms with E-state index in [2.05, 4.69) is 6.58 Å². The molecule has 0 aromatic carbocycles. The summed E-state index contributed by atoms with van der Waals surface area (Å²) in [6.45, 7) is 4.79. The monoisotopic (exact) mass is 128 g/mol. The van der Waals surface area contributed by atoms with Crippen molar-refractivity contribution in [3.63, 3.8) is 0 Å². The highest BCUT2D eigenvalue weighted by Gasteiger charge is 1.94. The molecule has 2 heteroatoms. The van der Waals surface area contributed by atoms with Gasteiger partial charge in [0.2, 0.25) is 0 Å². The van der Waals surface area contributed by atoms with Crippen molar-refractivity contribution in [2.75, 3.05) is 0 Å². The van der Waals surface area contributed by atoms with Crippen LogP contribution in [0.25, 0.3) is 0 Å². The predicted octanol–water partition coefficient (Wildman–Crippen LogP) is 2.49. The van der Waals surface area contributed by atoms with Crippen molar-refractivity contribution in [2.45, 2.75) is 6.92 Å². The van der Waals surface area contributed by atoms with Crippen LogP contribution in [0.2, 0.25) is 0 Å². The molecule has 0 saturated carbocycles. The van der Waals surface area contributed by atoms with E-state index >= 15 is 0 Å². The molecule has 0 heterocycles.